The number of aryl methyl sites for hydroxylation is 2. The number of nitrogens with zero attached hydrogens (tertiary/aromatic N) is 2. The van der Waals surface area contributed by atoms with Gasteiger partial charge in [-0.2, -0.15) is 5.10 Å². The number of nitrogens with two attached hydrogens (primary N) is 1. The molecule has 2 rings (SSSR count). The third-order valence-corrected chi connectivity index (χ3v) is 3.82. The molecule has 1 aliphatic rings. The highest BCUT2D eigenvalue weighted by atomic mass is 15.3. The molecule has 16 heavy (non-hydrogen) atoms. The molecule has 3 N–H and O–H groups in total. The van der Waals surface area contributed by atoms with E-state index in [9.17, 15) is 0 Å². The first kappa shape index (κ1) is 11.6. The fraction of sp³-hybridized carbons (Fsp3) is 0.750. The van der Waals surface area contributed by atoms with E-state index >= 15 is 0 Å². The van der Waals surface area contributed by atoms with Crippen molar-refractivity contribution >= 4 is 0 Å². The lowest BCUT2D eigenvalue weighted by Crippen LogP contribution is -2.40. The third kappa shape index (κ3) is 2.62. The minimum atomic E-state index is 0.470. The minimum absolute atomic E-state index is 0.470. The molecule has 4 nitrogen and oxygen atoms in total. The highest BCUT2D eigenvalue weighted by Gasteiger charge is 2.23. The average Bonchev–Trinajstić information content (AvgIpc) is 2.92. The molecule has 1 aromatic rings. The van der Waals surface area contributed by atoms with E-state index in [2.05, 4.69) is 16.6 Å². The number of aromatic nitrogens is 2. The molecular formula is C12H22N4. The standard InChI is InChI=1S/C12H22N4/c1-16-11(8-9-14-16)6-7-12(15-13)10-4-2-3-5-10/h8-10,12,15H,2-7,13H2,1H3. The van der Waals surface area contributed by atoms with Crippen molar-refractivity contribution in [2.75, 3.05) is 0 Å². The van der Waals surface area contributed by atoms with Crippen LogP contribution in [0, 0.1) is 5.92 Å². The van der Waals surface area contributed by atoms with Crippen LogP contribution in [-0.2, 0) is 13.5 Å². The highest BCUT2D eigenvalue weighted by Crippen LogP contribution is 2.29. The summed E-state index contributed by atoms with van der Waals surface area (Å²) in [6.45, 7) is 0. The topological polar surface area (TPSA) is 55.9 Å². The number of rotatable bonds is 5. The Kier molecular flexibility index (Phi) is 3.96. The summed E-state index contributed by atoms with van der Waals surface area (Å²) in [5.74, 6) is 6.43. The van der Waals surface area contributed by atoms with Crippen molar-refractivity contribution in [1.82, 2.24) is 15.2 Å². The number of hydrogen-bond donors (Lipinski definition) is 2. The molecule has 1 aromatic heterocycles. The van der Waals surface area contributed by atoms with Crippen molar-refractivity contribution in [3.05, 3.63) is 18.0 Å². The van der Waals surface area contributed by atoms with Crippen molar-refractivity contribution in [2.24, 2.45) is 18.8 Å². The summed E-state index contributed by atoms with van der Waals surface area (Å²) in [6, 6.07) is 2.56. The van der Waals surface area contributed by atoms with Crippen molar-refractivity contribution in [3.8, 4) is 0 Å². The minimum Gasteiger partial charge on any atom is -0.273 e. The summed E-state index contributed by atoms with van der Waals surface area (Å²) in [7, 11) is 2.00. The molecule has 4 heteroatoms. The molecule has 0 aromatic carbocycles. The Labute approximate surface area is 97.2 Å². The molecule has 0 radical (unpaired) electrons. The van der Waals surface area contributed by atoms with Crippen LogP contribution in [0.15, 0.2) is 12.3 Å². The summed E-state index contributed by atoms with van der Waals surface area (Å²) in [6.07, 6.45) is 9.43. The first-order chi connectivity index (χ1) is 7.81. The molecule has 0 bridgehead atoms. The Balaban J connectivity index is 1.85. The van der Waals surface area contributed by atoms with Crippen LogP contribution in [0.1, 0.15) is 37.8 Å². The fourth-order valence-corrected chi connectivity index (χ4v) is 2.76. The molecule has 1 heterocycles. The second kappa shape index (κ2) is 5.46. The summed E-state index contributed by atoms with van der Waals surface area (Å²) >= 11 is 0. The second-order valence-electron chi connectivity index (χ2n) is 4.80. The SMILES string of the molecule is Cn1nccc1CCC(NN)C1CCCC1. The van der Waals surface area contributed by atoms with Gasteiger partial charge in [-0.25, -0.2) is 0 Å². The average molecular weight is 222 g/mol. The lowest BCUT2D eigenvalue weighted by Gasteiger charge is -2.22. The van der Waals surface area contributed by atoms with E-state index in [1.807, 2.05) is 17.9 Å². The van der Waals surface area contributed by atoms with Gasteiger partial charge in [-0.15, -0.1) is 0 Å². The Morgan fingerprint density at radius 3 is 2.88 bits per heavy atom. The molecule has 1 aliphatic carbocycles. The second-order valence-corrected chi connectivity index (χ2v) is 4.80. The van der Waals surface area contributed by atoms with Crippen molar-refractivity contribution < 1.29 is 0 Å². The molecule has 1 fully saturated rings. The van der Waals surface area contributed by atoms with Gasteiger partial charge in [0, 0.05) is 25.0 Å². The van der Waals surface area contributed by atoms with Gasteiger partial charge in [0.15, 0.2) is 0 Å². The number of hydrazine groups is 1. The fourth-order valence-electron chi connectivity index (χ4n) is 2.76. The van der Waals surface area contributed by atoms with E-state index in [-0.39, 0.29) is 0 Å². The van der Waals surface area contributed by atoms with E-state index in [4.69, 9.17) is 5.84 Å². The van der Waals surface area contributed by atoms with Crippen molar-refractivity contribution in [2.45, 2.75) is 44.6 Å². The molecule has 1 unspecified atom stereocenters. The van der Waals surface area contributed by atoms with Gasteiger partial charge >= 0.3 is 0 Å². The maximum atomic E-state index is 5.66. The first-order valence-corrected chi connectivity index (χ1v) is 6.24. The number of nitrogens with one attached hydrogen (secondary N) is 1. The van der Waals surface area contributed by atoms with Crippen molar-refractivity contribution in [3.63, 3.8) is 0 Å². The Morgan fingerprint density at radius 1 is 1.56 bits per heavy atom. The van der Waals surface area contributed by atoms with Gasteiger partial charge in [-0.1, -0.05) is 12.8 Å². The van der Waals surface area contributed by atoms with Gasteiger partial charge in [0.1, 0.15) is 0 Å². The van der Waals surface area contributed by atoms with E-state index in [1.165, 1.54) is 31.4 Å². The molecule has 1 atom stereocenters. The Hall–Kier alpha value is -0.870. The monoisotopic (exact) mass is 222 g/mol. The Bertz CT molecular complexity index is 315. The lowest BCUT2D eigenvalue weighted by molar-refractivity contribution is 0.343. The molecule has 1 saturated carbocycles. The zero-order valence-corrected chi connectivity index (χ0v) is 10.0. The van der Waals surface area contributed by atoms with Crippen LogP contribution in [0.3, 0.4) is 0 Å². The molecule has 0 amide bonds. The van der Waals surface area contributed by atoms with Crippen LogP contribution in [0.4, 0.5) is 0 Å². The van der Waals surface area contributed by atoms with Gasteiger partial charge in [-0.05, 0) is 37.7 Å². The van der Waals surface area contributed by atoms with Crippen LogP contribution < -0.4 is 11.3 Å². The Morgan fingerprint density at radius 2 is 2.31 bits per heavy atom. The normalized spacial score (nSPS) is 19.1. The van der Waals surface area contributed by atoms with Crippen LogP contribution >= 0.6 is 0 Å². The van der Waals surface area contributed by atoms with Crippen molar-refractivity contribution in [1.29, 1.82) is 0 Å². The smallest absolute Gasteiger partial charge is 0.0492 e. The van der Waals surface area contributed by atoms with E-state index in [0.717, 1.165) is 18.8 Å². The zero-order valence-electron chi connectivity index (χ0n) is 10.0. The highest BCUT2D eigenvalue weighted by molar-refractivity contribution is 5.00. The van der Waals surface area contributed by atoms with Crippen LogP contribution in [-0.4, -0.2) is 15.8 Å². The summed E-state index contributed by atoms with van der Waals surface area (Å²) in [5, 5.41) is 4.18. The third-order valence-electron chi connectivity index (χ3n) is 3.82. The maximum Gasteiger partial charge on any atom is 0.0492 e. The summed E-state index contributed by atoms with van der Waals surface area (Å²) in [4.78, 5) is 0. The van der Waals surface area contributed by atoms with E-state index in [0.29, 0.717) is 6.04 Å². The molecular weight excluding hydrogens is 200 g/mol. The molecule has 90 valence electrons. The zero-order chi connectivity index (χ0) is 11.4. The maximum absolute atomic E-state index is 5.66. The quantitative estimate of drug-likeness (QED) is 0.584. The van der Waals surface area contributed by atoms with Crippen LogP contribution in [0.5, 0.6) is 0 Å². The molecule has 0 spiro atoms. The largest absolute Gasteiger partial charge is 0.273 e. The van der Waals surface area contributed by atoms with E-state index in [1.54, 1.807) is 0 Å². The van der Waals surface area contributed by atoms with Gasteiger partial charge in [0.25, 0.3) is 0 Å². The van der Waals surface area contributed by atoms with Crippen LogP contribution in [0.2, 0.25) is 0 Å². The predicted octanol–water partition coefficient (Wildman–Crippen LogP) is 1.37. The summed E-state index contributed by atoms with van der Waals surface area (Å²) < 4.78 is 1.95. The van der Waals surface area contributed by atoms with Crippen LogP contribution in [0.25, 0.3) is 0 Å². The van der Waals surface area contributed by atoms with Gasteiger partial charge in [-0.3, -0.25) is 16.0 Å². The van der Waals surface area contributed by atoms with E-state index < -0.39 is 0 Å². The lowest BCUT2D eigenvalue weighted by atomic mass is 9.94. The summed E-state index contributed by atoms with van der Waals surface area (Å²) in [5.41, 5.74) is 4.29. The first-order valence-electron chi connectivity index (χ1n) is 6.24. The predicted molar refractivity (Wildman–Crippen MR) is 64.6 cm³/mol. The molecule has 0 saturated heterocycles. The molecule has 0 aliphatic heterocycles. The number of hydrogen-bond acceptors (Lipinski definition) is 3. The van der Waals surface area contributed by atoms with Gasteiger partial charge < -0.3 is 0 Å². The van der Waals surface area contributed by atoms with Gasteiger partial charge in [0.2, 0.25) is 0 Å². The van der Waals surface area contributed by atoms with Gasteiger partial charge in [0.05, 0.1) is 0 Å².